The van der Waals surface area contributed by atoms with Crippen LogP contribution in [0.4, 0.5) is 0 Å². The molecule has 0 aliphatic carbocycles. The number of esters is 1. The van der Waals surface area contributed by atoms with Crippen molar-refractivity contribution in [2.75, 3.05) is 33.4 Å². The second-order valence-electron chi connectivity index (χ2n) is 2.37. The van der Waals surface area contributed by atoms with E-state index in [-0.39, 0.29) is 12.5 Å². The molecule has 0 heterocycles. The number of hydrogen-bond donors (Lipinski definition) is 1. The lowest BCUT2D eigenvalue weighted by atomic mass is 10.5. The predicted molar refractivity (Wildman–Crippen MR) is 46.0 cm³/mol. The van der Waals surface area contributed by atoms with Crippen LogP contribution in [0, 0.1) is 0 Å². The van der Waals surface area contributed by atoms with Gasteiger partial charge in [-0.15, -0.1) is 0 Å². The molecule has 0 fully saturated rings. The van der Waals surface area contributed by atoms with Crippen LogP contribution in [0.3, 0.4) is 0 Å². The molecular weight excluding hydrogens is 158 g/mol. The van der Waals surface area contributed by atoms with Crippen LogP contribution in [0.2, 0.25) is 0 Å². The zero-order chi connectivity index (χ0) is 9.23. The van der Waals surface area contributed by atoms with Crippen molar-refractivity contribution < 1.29 is 14.3 Å². The van der Waals surface area contributed by atoms with Crippen LogP contribution in [0.25, 0.3) is 0 Å². The first-order valence-corrected chi connectivity index (χ1v) is 4.16. The van der Waals surface area contributed by atoms with E-state index < -0.39 is 0 Å². The standard InChI is InChI=1S/C8H17NO3/c1-3-5-12-6-4-9-7-8(10)11-2/h9H,3-7H2,1-2H3. The minimum atomic E-state index is -0.245. The van der Waals surface area contributed by atoms with E-state index in [2.05, 4.69) is 17.0 Å². The first-order chi connectivity index (χ1) is 5.81. The third-order valence-electron chi connectivity index (χ3n) is 1.27. The summed E-state index contributed by atoms with van der Waals surface area (Å²) in [5.41, 5.74) is 0. The second kappa shape index (κ2) is 8.49. The molecule has 72 valence electrons. The predicted octanol–water partition coefficient (Wildman–Crippen LogP) is 0.176. The third kappa shape index (κ3) is 7.50. The van der Waals surface area contributed by atoms with Crippen molar-refractivity contribution in [3.8, 4) is 0 Å². The number of carbonyl (C=O) groups is 1. The topological polar surface area (TPSA) is 47.6 Å². The Kier molecular flexibility index (Phi) is 8.05. The second-order valence-corrected chi connectivity index (χ2v) is 2.37. The lowest BCUT2D eigenvalue weighted by Gasteiger charge is -2.03. The van der Waals surface area contributed by atoms with E-state index in [1.807, 2.05) is 0 Å². The van der Waals surface area contributed by atoms with Crippen LogP contribution >= 0.6 is 0 Å². The van der Waals surface area contributed by atoms with Gasteiger partial charge in [0.15, 0.2) is 0 Å². The van der Waals surface area contributed by atoms with Crippen molar-refractivity contribution in [3.63, 3.8) is 0 Å². The highest BCUT2D eigenvalue weighted by molar-refractivity contribution is 5.71. The van der Waals surface area contributed by atoms with Crippen molar-refractivity contribution >= 4 is 5.97 Å². The molecule has 0 aromatic heterocycles. The fourth-order valence-electron chi connectivity index (χ4n) is 0.653. The van der Waals surface area contributed by atoms with Gasteiger partial charge in [-0.3, -0.25) is 4.79 Å². The maximum atomic E-state index is 10.6. The first kappa shape index (κ1) is 11.4. The summed E-state index contributed by atoms with van der Waals surface area (Å²) in [6.07, 6.45) is 1.02. The number of ether oxygens (including phenoxy) is 2. The minimum absolute atomic E-state index is 0.245. The molecule has 0 aromatic rings. The van der Waals surface area contributed by atoms with E-state index in [1.165, 1.54) is 7.11 Å². The number of nitrogens with one attached hydrogen (secondary N) is 1. The Balaban J connectivity index is 2.95. The van der Waals surface area contributed by atoms with E-state index in [9.17, 15) is 4.79 Å². The Morgan fingerprint density at radius 1 is 1.42 bits per heavy atom. The molecule has 0 saturated carbocycles. The molecule has 0 unspecified atom stereocenters. The fourth-order valence-corrected chi connectivity index (χ4v) is 0.653. The summed E-state index contributed by atoms with van der Waals surface area (Å²) < 4.78 is 9.62. The Bertz CT molecular complexity index is 117. The van der Waals surface area contributed by atoms with Crippen LogP contribution in [0.15, 0.2) is 0 Å². The van der Waals surface area contributed by atoms with E-state index in [1.54, 1.807) is 0 Å². The lowest BCUT2D eigenvalue weighted by Crippen LogP contribution is -2.27. The monoisotopic (exact) mass is 175 g/mol. The van der Waals surface area contributed by atoms with E-state index in [0.717, 1.165) is 13.0 Å². The van der Waals surface area contributed by atoms with Gasteiger partial charge in [0.05, 0.1) is 20.3 Å². The molecular formula is C8H17NO3. The molecule has 12 heavy (non-hydrogen) atoms. The molecule has 4 heteroatoms. The highest BCUT2D eigenvalue weighted by Gasteiger charge is 1.96. The smallest absolute Gasteiger partial charge is 0.319 e. The largest absolute Gasteiger partial charge is 0.468 e. The lowest BCUT2D eigenvalue weighted by molar-refractivity contribution is -0.139. The van der Waals surface area contributed by atoms with Gasteiger partial charge in [0.1, 0.15) is 0 Å². The molecule has 0 atom stereocenters. The fraction of sp³-hybridized carbons (Fsp3) is 0.875. The first-order valence-electron chi connectivity index (χ1n) is 4.16. The molecule has 0 aromatic carbocycles. The zero-order valence-corrected chi connectivity index (χ0v) is 7.76. The quantitative estimate of drug-likeness (QED) is 0.443. The summed E-state index contributed by atoms with van der Waals surface area (Å²) in [5.74, 6) is -0.245. The van der Waals surface area contributed by atoms with Gasteiger partial charge in [-0.2, -0.15) is 0 Å². The summed E-state index contributed by atoms with van der Waals surface area (Å²) in [5, 5.41) is 2.90. The maximum absolute atomic E-state index is 10.6. The summed E-state index contributed by atoms with van der Waals surface area (Å²) >= 11 is 0. The average molecular weight is 175 g/mol. The average Bonchev–Trinajstić information content (AvgIpc) is 2.10. The van der Waals surface area contributed by atoms with Crippen LogP contribution in [-0.2, 0) is 14.3 Å². The van der Waals surface area contributed by atoms with Crippen molar-refractivity contribution in [1.82, 2.24) is 5.32 Å². The maximum Gasteiger partial charge on any atom is 0.319 e. The van der Waals surface area contributed by atoms with Gasteiger partial charge in [0.25, 0.3) is 0 Å². The molecule has 0 spiro atoms. The molecule has 0 radical (unpaired) electrons. The molecule has 0 aliphatic rings. The van der Waals surface area contributed by atoms with Gasteiger partial charge in [-0.05, 0) is 6.42 Å². The van der Waals surface area contributed by atoms with E-state index in [0.29, 0.717) is 13.2 Å². The molecule has 0 amide bonds. The molecule has 4 nitrogen and oxygen atoms in total. The highest BCUT2D eigenvalue weighted by atomic mass is 16.5. The highest BCUT2D eigenvalue weighted by Crippen LogP contribution is 1.78. The Morgan fingerprint density at radius 3 is 2.75 bits per heavy atom. The third-order valence-corrected chi connectivity index (χ3v) is 1.27. The number of methoxy groups -OCH3 is 1. The van der Waals surface area contributed by atoms with Crippen molar-refractivity contribution in [3.05, 3.63) is 0 Å². The van der Waals surface area contributed by atoms with E-state index in [4.69, 9.17) is 4.74 Å². The molecule has 0 aliphatic heterocycles. The Labute approximate surface area is 73.2 Å². The van der Waals surface area contributed by atoms with Gasteiger partial charge in [0, 0.05) is 13.2 Å². The number of hydrogen-bond acceptors (Lipinski definition) is 4. The normalized spacial score (nSPS) is 9.83. The van der Waals surface area contributed by atoms with Gasteiger partial charge in [-0.1, -0.05) is 6.92 Å². The molecule has 0 saturated heterocycles. The minimum Gasteiger partial charge on any atom is -0.468 e. The van der Waals surface area contributed by atoms with Gasteiger partial charge < -0.3 is 14.8 Å². The Morgan fingerprint density at radius 2 is 2.17 bits per heavy atom. The van der Waals surface area contributed by atoms with Crippen LogP contribution in [-0.4, -0.2) is 39.4 Å². The Hall–Kier alpha value is -0.610. The number of carbonyl (C=O) groups excluding carboxylic acids is 1. The molecule has 1 N–H and O–H groups in total. The van der Waals surface area contributed by atoms with Crippen molar-refractivity contribution in [1.29, 1.82) is 0 Å². The van der Waals surface area contributed by atoms with Crippen LogP contribution in [0.5, 0.6) is 0 Å². The van der Waals surface area contributed by atoms with Crippen molar-refractivity contribution in [2.24, 2.45) is 0 Å². The summed E-state index contributed by atoms with van der Waals surface area (Å²) in [7, 11) is 1.37. The summed E-state index contributed by atoms with van der Waals surface area (Å²) in [4.78, 5) is 10.6. The van der Waals surface area contributed by atoms with Gasteiger partial charge in [0.2, 0.25) is 0 Å². The van der Waals surface area contributed by atoms with Gasteiger partial charge >= 0.3 is 5.97 Å². The van der Waals surface area contributed by atoms with Crippen LogP contribution in [0.1, 0.15) is 13.3 Å². The van der Waals surface area contributed by atoms with Crippen LogP contribution < -0.4 is 5.32 Å². The zero-order valence-electron chi connectivity index (χ0n) is 7.76. The summed E-state index contributed by atoms with van der Waals surface area (Å²) in [6.45, 7) is 4.42. The van der Waals surface area contributed by atoms with E-state index >= 15 is 0 Å². The number of rotatable bonds is 7. The van der Waals surface area contributed by atoms with Gasteiger partial charge in [-0.25, -0.2) is 0 Å². The summed E-state index contributed by atoms with van der Waals surface area (Å²) in [6, 6.07) is 0. The molecule has 0 bridgehead atoms. The molecule has 0 rings (SSSR count). The SMILES string of the molecule is CCCOCCNCC(=O)OC. The van der Waals surface area contributed by atoms with Crippen molar-refractivity contribution in [2.45, 2.75) is 13.3 Å².